The molecule has 0 fully saturated rings. The Balaban J connectivity index is 1.75. The van der Waals surface area contributed by atoms with Crippen molar-refractivity contribution in [1.29, 1.82) is 0 Å². The van der Waals surface area contributed by atoms with Gasteiger partial charge >= 0.3 is 0 Å². The van der Waals surface area contributed by atoms with E-state index in [2.05, 4.69) is 41.5 Å². The van der Waals surface area contributed by atoms with Crippen molar-refractivity contribution >= 4 is 23.5 Å². The number of aromatic nitrogens is 2. The second-order valence-corrected chi connectivity index (χ2v) is 6.04. The fourth-order valence-corrected chi connectivity index (χ4v) is 3.49. The van der Waals surface area contributed by atoms with Gasteiger partial charge in [-0.1, -0.05) is 18.2 Å². The molecule has 17 heavy (non-hydrogen) atoms. The van der Waals surface area contributed by atoms with Gasteiger partial charge in [-0.15, -0.1) is 23.5 Å². The first-order chi connectivity index (χ1) is 8.25. The van der Waals surface area contributed by atoms with Crippen LogP contribution in [0.1, 0.15) is 5.69 Å². The average Bonchev–Trinajstić information content (AvgIpc) is 2.65. The molecule has 0 aliphatic carbocycles. The van der Waals surface area contributed by atoms with Gasteiger partial charge in [0.05, 0.1) is 10.7 Å². The van der Waals surface area contributed by atoms with Crippen LogP contribution in [0.15, 0.2) is 46.3 Å². The highest BCUT2D eigenvalue weighted by Crippen LogP contribution is 2.22. The largest absolute Gasteiger partial charge is 0.262 e. The van der Waals surface area contributed by atoms with E-state index in [0.717, 1.165) is 17.2 Å². The van der Waals surface area contributed by atoms with E-state index in [-0.39, 0.29) is 0 Å². The molecule has 2 nitrogen and oxygen atoms in total. The lowest BCUT2D eigenvalue weighted by Crippen LogP contribution is -1.93. The van der Waals surface area contributed by atoms with Gasteiger partial charge in [0.15, 0.2) is 0 Å². The highest BCUT2D eigenvalue weighted by Gasteiger charge is 2.02. The molecule has 0 atom stereocenters. The Kier molecular flexibility index (Phi) is 4.57. The van der Waals surface area contributed by atoms with Gasteiger partial charge < -0.3 is 0 Å². The van der Waals surface area contributed by atoms with Crippen LogP contribution in [-0.4, -0.2) is 21.3 Å². The quantitative estimate of drug-likeness (QED) is 0.607. The lowest BCUT2D eigenvalue weighted by Gasteiger charge is -2.02. The van der Waals surface area contributed by atoms with Gasteiger partial charge in [0, 0.05) is 23.4 Å². The van der Waals surface area contributed by atoms with E-state index in [4.69, 9.17) is 0 Å². The maximum absolute atomic E-state index is 4.34. The van der Waals surface area contributed by atoms with Crippen LogP contribution < -0.4 is 0 Å². The van der Waals surface area contributed by atoms with Crippen LogP contribution in [0.5, 0.6) is 0 Å². The van der Waals surface area contributed by atoms with Crippen LogP contribution in [-0.2, 0) is 7.05 Å². The Labute approximate surface area is 111 Å². The molecule has 0 aliphatic heterocycles. The minimum Gasteiger partial charge on any atom is -0.262 e. The van der Waals surface area contributed by atoms with Crippen molar-refractivity contribution in [2.45, 2.75) is 16.8 Å². The smallest absolute Gasteiger partial charge is 0.0939 e. The summed E-state index contributed by atoms with van der Waals surface area (Å²) in [7, 11) is 2.00. The standard InChI is InChI=1S/C13H16N2S2/c1-11-10-13(15(2)14-11)17-9-8-16-12-6-4-3-5-7-12/h3-7,10H,8-9H2,1-2H3. The maximum Gasteiger partial charge on any atom is 0.0939 e. The molecule has 1 aromatic carbocycles. The lowest BCUT2D eigenvalue weighted by molar-refractivity contribution is 0.692. The van der Waals surface area contributed by atoms with Crippen LogP contribution in [0.25, 0.3) is 0 Å². The highest BCUT2D eigenvalue weighted by atomic mass is 32.2. The molecule has 90 valence electrons. The summed E-state index contributed by atoms with van der Waals surface area (Å²) in [6, 6.07) is 12.7. The normalized spacial score (nSPS) is 10.7. The molecule has 4 heteroatoms. The van der Waals surface area contributed by atoms with Crippen molar-refractivity contribution in [1.82, 2.24) is 9.78 Å². The predicted molar refractivity (Wildman–Crippen MR) is 75.8 cm³/mol. The Morgan fingerprint density at radius 3 is 2.47 bits per heavy atom. The first kappa shape index (κ1) is 12.6. The Morgan fingerprint density at radius 1 is 1.12 bits per heavy atom. The topological polar surface area (TPSA) is 17.8 Å². The molecule has 0 aliphatic rings. The van der Waals surface area contributed by atoms with Crippen LogP contribution in [0, 0.1) is 6.92 Å². The van der Waals surface area contributed by atoms with Crippen molar-refractivity contribution in [3.8, 4) is 0 Å². The van der Waals surface area contributed by atoms with Gasteiger partial charge in [0.25, 0.3) is 0 Å². The number of benzene rings is 1. The van der Waals surface area contributed by atoms with Crippen LogP contribution in [0.4, 0.5) is 0 Å². The van der Waals surface area contributed by atoms with Gasteiger partial charge in [-0.05, 0) is 25.1 Å². The van der Waals surface area contributed by atoms with E-state index >= 15 is 0 Å². The summed E-state index contributed by atoms with van der Waals surface area (Å²) >= 11 is 3.77. The molecule has 1 heterocycles. The molecule has 0 radical (unpaired) electrons. The van der Waals surface area contributed by atoms with Crippen molar-refractivity contribution in [3.05, 3.63) is 42.1 Å². The van der Waals surface area contributed by atoms with Crippen molar-refractivity contribution in [2.75, 3.05) is 11.5 Å². The molecule has 2 rings (SSSR count). The zero-order valence-corrected chi connectivity index (χ0v) is 11.7. The molecule has 0 bridgehead atoms. The number of thioether (sulfide) groups is 2. The average molecular weight is 264 g/mol. The molecule has 0 amide bonds. The first-order valence-electron chi connectivity index (χ1n) is 5.57. The summed E-state index contributed by atoms with van der Waals surface area (Å²) in [6.45, 7) is 2.03. The van der Waals surface area contributed by atoms with E-state index in [1.807, 2.05) is 42.2 Å². The van der Waals surface area contributed by atoms with Gasteiger partial charge in [0.1, 0.15) is 0 Å². The monoisotopic (exact) mass is 264 g/mol. The van der Waals surface area contributed by atoms with Crippen LogP contribution >= 0.6 is 23.5 Å². The molecule has 0 saturated carbocycles. The number of aryl methyl sites for hydroxylation is 2. The lowest BCUT2D eigenvalue weighted by atomic mass is 10.4. The number of rotatable bonds is 5. The minimum absolute atomic E-state index is 1.09. The fraction of sp³-hybridized carbons (Fsp3) is 0.308. The van der Waals surface area contributed by atoms with Gasteiger partial charge in [0.2, 0.25) is 0 Å². The zero-order chi connectivity index (χ0) is 12.1. The van der Waals surface area contributed by atoms with E-state index in [0.29, 0.717) is 0 Å². The zero-order valence-electron chi connectivity index (χ0n) is 10.1. The summed E-state index contributed by atoms with van der Waals surface area (Å²) in [5.41, 5.74) is 1.09. The predicted octanol–water partition coefficient (Wildman–Crippen LogP) is 3.61. The second-order valence-electron chi connectivity index (χ2n) is 3.76. The molecule has 1 aromatic heterocycles. The summed E-state index contributed by atoms with van der Waals surface area (Å²) < 4.78 is 1.95. The number of hydrogen-bond donors (Lipinski definition) is 0. The molecule has 0 N–H and O–H groups in total. The fourth-order valence-electron chi connectivity index (χ4n) is 1.54. The number of nitrogens with zero attached hydrogens (tertiary/aromatic N) is 2. The van der Waals surface area contributed by atoms with Crippen molar-refractivity contribution < 1.29 is 0 Å². The summed E-state index contributed by atoms with van der Waals surface area (Å²) in [5, 5.41) is 5.58. The van der Waals surface area contributed by atoms with Crippen LogP contribution in [0.3, 0.4) is 0 Å². The summed E-state index contributed by atoms with van der Waals surface area (Å²) in [4.78, 5) is 1.34. The third kappa shape index (κ3) is 3.82. The summed E-state index contributed by atoms with van der Waals surface area (Å²) in [5.74, 6) is 2.23. The van der Waals surface area contributed by atoms with E-state index < -0.39 is 0 Å². The highest BCUT2D eigenvalue weighted by molar-refractivity contribution is 8.02. The Hall–Kier alpha value is -0.870. The SMILES string of the molecule is Cc1cc(SCCSc2ccccc2)n(C)n1. The Morgan fingerprint density at radius 2 is 1.82 bits per heavy atom. The maximum atomic E-state index is 4.34. The van der Waals surface area contributed by atoms with Gasteiger partial charge in [-0.25, -0.2) is 0 Å². The van der Waals surface area contributed by atoms with E-state index in [1.165, 1.54) is 9.92 Å². The number of hydrogen-bond acceptors (Lipinski definition) is 3. The van der Waals surface area contributed by atoms with E-state index in [1.54, 1.807) is 0 Å². The van der Waals surface area contributed by atoms with E-state index in [9.17, 15) is 0 Å². The third-order valence-corrected chi connectivity index (χ3v) is 4.66. The minimum atomic E-state index is 1.09. The summed E-state index contributed by atoms with van der Waals surface area (Å²) in [6.07, 6.45) is 0. The molecule has 0 saturated heterocycles. The molecule has 0 spiro atoms. The molecular formula is C13H16N2S2. The Bertz CT molecular complexity index is 466. The van der Waals surface area contributed by atoms with Gasteiger partial charge in [-0.2, -0.15) is 5.10 Å². The molecular weight excluding hydrogens is 248 g/mol. The second kappa shape index (κ2) is 6.17. The van der Waals surface area contributed by atoms with Gasteiger partial charge in [-0.3, -0.25) is 4.68 Å². The third-order valence-electron chi connectivity index (χ3n) is 2.30. The van der Waals surface area contributed by atoms with Crippen molar-refractivity contribution in [2.24, 2.45) is 7.05 Å². The van der Waals surface area contributed by atoms with Crippen LogP contribution in [0.2, 0.25) is 0 Å². The van der Waals surface area contributed by atoms with Crippen molar-refractivity contribution in [3.63, 3.8) is 0 Å². The first-order valence-corrected chi connectivity index (χ1v) is 7.54. The molecule has 2 aromatic rings. The molecule has 0 unspecified atom stereocenters.